The number of aromatic amines is 1. The van der Waals surface area contributed by atoms with Crippen LogP contribution in [0.5, 0.6) is 0 Å². The molecule has 1 heterocycles. The average Bonchev–Trinajstić information content (AvgIpc) is 3.11. The van der Waals surface area contributed by atoms with Gasteiger partial charge in [0.2, 0.25) is 5.91 Å². The number of hydrogen-bond donors (Lipinski definition) is 4. The topological polar surface area (TPSA) is 107 Å². The molecule has 1 aromatic heterocycles. The zero-order chi connectivity index (χ0) is 19.0. The lowest BCUT2D eigenvalue weighted by Crippen LogP contribution is -2.48. The molecule has 0 aliphatic rings. The molecule has 0 saturated carbocycles. The number of carbonyl (C=O) groups excluding carboxylic acids is 1. The van der Waals surface area contributed by atoms with Crippen molar-refractivity contribution in [3.63, 3.8) is 0 Å². The fourth-order valence-corrected chi connectivity index (χ4v) is 2.30. The molecule has 0 aliphatic carbocycles. The zero-order valence-electron chi connectivity index (χ0n) is 15.8. The van der Waals surface area contributed by atoms with Crippen molar-refractivity contribution in [2.45, 2.75) is 39.8 Å². The number of nitrogens with zero attached hydrogens (tertiary/aromatic N) is 3. The van der Waals surface area contributed by atoms with E-state index in [-0.39, 0.29) is 18.0 Å². The van der Waals surface area contributed by atoms with E-state index in [1.165, 1.54) is 6.33 Å². The normalized spacial score (nSPS) is 11.9. The third kappa shape index (κ3) is 6.54. The quantitative estimate of drug-likeness (QED) is 0.462. The summed E-state index contributed by atoms with van der Waals surface area (Å²) < 4.78 is 0. The summed E-state index contributed by atoms with van der Waals surface area (Å²) in [5.74, 6) is 1.25. The molecule has 0 saturated heterocycles. The number of H-pyrrole nitrogens is 1. The Balaban J connectivity index is 1.98. The molecule has 140 valence electrons. The van der Waals surface area contributed by atoms with Crippen LogP contribution in [0.4, 0.5) is 0 Å². The molecule has 0 fully saturated rings. The summed E-state index contributed by atoms with van der Waals surface area (Å²) in [4.78, 5) is 20.6. The van der Waals surface area contributed by atoms with Gasteiger partial charge in [0.15, 0.2) is 11.8 Å². The van der Waals surface area contributed by atoms with Gasteiger partial charge >= 0.3 is 0 Å². The summed E-state index contributed by atoms with van der Waals surface area (Å²) in [7, 11) is 0. The molecule has 0 atom stereocenters. The molecule has 0 spiro atoms. The van der Waals surface area contributed by atoms with Crippen molar-refractivity contribution in [2.24, 2.45) is 4.99 Å². The second-order valence-corrected chi connectivity index (χ2v) is 6.88. The number of aromatic nitrogens is 3. The number of nitrogens with one attached hydrogen (secondary N) is 4. The number of aliphatic imine (C=N–C) groups is 1. The first kappa shape index (κ1) is 19.4. The summed E-state index contributed by atoms with van der Waals surface area (Å²) in [6, 6.07) is 7.94. The summed E-state index contributed by atoms with van der Waals surface area (Å²) in [6.45, 7) is 9.20. The average molecular weight is 357 g/mol. The second kappa shape index (κ2) is 8.98. The van der Waals surface area contributed by atoms with Gasteiger partial charge in [0.05, 0.1) is 13.1 Å². The molecule has 0 radical (unpaired) electrons. The molecule has 4 N–H and O–H groups in total. The minimum atomic E-state index is -0.255. The molecule has 8 nitrogen and oxygen atoms in total. The zero-order valence-corrected chi connectivity index (χ0v) is 15.8. The number of hydrogen-bond acceptors (Lipinski definition) is 4. The van der Waals surface area contributed by atoms with Crippen LogP contribution in [0.25, 0.3) is 11.4 Å². The van der Waals surface area contributed by atoms with E-state index in [9.17, 15) is 4.79 Å². The van der Waals surface area contributed by atoms with Crippen molar-refractivity contribution in [3.05, 3.63) is 36.2 Å². The monoisotopic (exact) mass is 357 g/mol. The van der Waals surface area contributed by atoms with Crippen LogP contribution < -0.4 is 16.0 Å². The minimum Gasteiger partial charge on any atom is -0.357 e. The Kier molecular flexibility index (Phi) is 6.71. The fourth-order valence-electron chi connectivity index (χ4n) is 2.30. The SMILES string of the molecule is CCNC(=NCc1cccc(-c2ncn[nH]2)c1)NCC(=O)NC(C)(C)C. The second-order valence-electron chi connectivity index (χ2n) is 6.88. The highest BCUT2D eigenvalue weighted by molar-refractivity contribution is 5.86. The van der Waals surface area contributed by atoms with Crippen molar-refractivity contribution in [3.8, 4) is 11.4 Å². The highest BCUT2D eigenvalue weighted by Gasteiger charge is 2.13. The summed E-state index contributed by atoms with van der Waals surface area (Å²) in [6.07, 6.45) is 1.48. The van der Waals surface area contributed by atoms with Crippen molar-refractivity contribution in [1.82, 2.24) is 31.1 Å². The largest absolute Gasteiger partial charge is 0.357 e. The first-order valence-corrected chi connectivity index (χ1v) is 8.65. The van der Waals surface area contributed by atoms with Gasteiger partial charge in [-0.1, -0.05) is 18.2 Å². The molecular weight excluding hydrogens is 330 g/mol. The Morgan fingerprint density at radius 3 is 2.73 bits per heavy atom. The Bertz CT molecular complexity index is 732. The molecule has 0 bridgehead atoms. The van der Waals surface area contributed by atoms with Crippen LogP contribution in [-0.4, -0.2) is 45.7 Å². The van der Waals surface area contributed by atoms with Gasteiger partial charge in [-0.25, -0.2) is 9.98 Å². The standard InChI is InChI=1S/C18H27N7O/c1-5-19-17(21-11-15(26)24-18(2,3)4)20-10-13-7-6-8-14(9-13)16-22-12-23-25-16/h6-9,12H,5,10-11H2,1-4H3,(H,24,26)(H2,19,20,21)(H,22,23,25). The van der Waals surface area contributed by atoms with Crippen molar-refractivity contribution in [1.29, 1.82) is 0 Å². The Labute approximate surface area is 153 Å². The first-order valence-electron chi connectivity index (χ1n) is 8.65. The van der Waals surface area contributed by atoms with Crippen LogP contribution in [-0.2, 0) is 11.3 Å². The number of amides is 1. The van der Waals surface area contributed by atoms with E-state index in [0.29, 0.717) is 19.0 Å². The minimum absolute atomic E-state index is 0.0737. The predicted molar refractivity (Wildman–Crippen MR) is 103 cm³/mol. The van der Waals surface area contributed by atoms with E-state index in [1.807, 2.05) is 52.0 Å². The molecule has 0 unspecified atom stereocenters. The van der Waals surface area contributed by atoms with Crippen molar-refractivity contribution in [2.75, 3.05) is 13.1 Å². The number of benzene rings is 1. The summed E-state index contributed by atoms with van der Waals surface area (Å²) >= 11 is 0. The predicted octanol–water partition coefficient (Wildman–Crippen LogP) is 1.44. The van der Waals surface area contributed by atoms with Crippen LogP contribution >= 0.6 is 0 Å². The lowest BCUT2D eigenvalue weighted by Gasteiger charge is -2.21. The van der Waals surface area contributed by atoms with Crippen LogP contribution in [0.15, 0.2) is 35.6 Å². The number of guanidine groups is 1. The Hall–Kier alpha value is -2.90. The van der Waals surface area contributed by atoms with E-state index in [0.717, 1.165) is 17.0 Å². The third-order valence-corrected chi connectivity index (χ3v) is 3.31. The highest BCUT2D eigenvalue weighted by atomic mass is 16.2. The van der Waals surface area contributed by atoms with Gasteiger partial charge in [-0.05, 0) is 39.3 Å². The maximum absolute atomic E-state index is 11.9. The van der Waals surface area contributed by atoms with Gasteiger partial charge in [0, 0.05) is 17.6 Å². The van der Waals surface area contributed by atoms with Crippen molar-refractivity contribution >= 4 is 11.9 Å². The van der Waals surface area contributed by atoms with Gasteiger partial charge in [0.25, 0.3) is 0 Å². The summed E-state index contributed by atoms with van der Waals surface area (Å²) in [5, 5.41) is 15.8. The van der Waals surface area contributed by atoms with Gasteiger partial charge in [-0.2, -0.15) is 5.10 Å². The molecule has 8 heteroatoms. The maximum atomic E-state index is 11.9. The van der Waals surface area contributed by atoms with E-state index in [2.05, 4.69) is 36.1 Å². The molecule has 2 aromatic rings. The number of carbonyl (C=O) groups is 1. The van der Waals surface area contributed by atoms with Gasteiger partial charge in [-0.3, -0.25) is 9.89 Å². The van der Waals surface area contributed by atoms with Crippen molar-refractivity contribution < 1.29 is 4.79 Å². The van der Waals surface area contributed by atoms with Gasteiger partial charge in [0.1, 0.15) is 6.33 Å². The van der Waals surface area contributed by atoms with E-state index in [1.54, 1.807) is 0 Å². The van der Waals surface area contributed by atoms with Crippen LogP contribution in [0, 0.1) is 0 Å². The fraction of sp³-hybridized carbons (Fsp3) is 0.444. The highest BCUT2D eigenvalue weighted by Crippen LogP contribution is 2.15. The lowest BCUT2D eigenvalue weighted by molar-refractivity contribution is -0.121. The van der Waals surface area contributed by atoms with E-state index < -0.39 is 0 Å². The van der Waals surface area contributed by atoms with Gasteiger partial charge in [-0.15, -0.1) is 0 Å². The lowest BCUT2D eigenvalue weighted by atomic mass is 10.1. The smallest absolute Gasteiger partial charge is 0.239 e. The maximum Gasteiger partial charge on any atom is 0.239 e. The molecule has 1 aromatic carbocycles. The van der Waals surface area contributed by atoms with E-state index >= 15 is 0 Å². The first-order chi connectivity index (χ1) is 12.4. The molecule has 2 rings (SSSR count). The molecule has 1 amide bonds. The van der Waals surface area contributed by atoms with Crippen LogP contribution in [0.1, 0.15) is 33.3 Å². The Morgan fingerprint density at radius 2 is 2.08 bits per heavy atom. The van der Waals surface area contributed by atoms with Crippen LogP contribution in [0.2, 0.25) is 0 Å². The molecule has 26 heavy (non-hydrogen) atoms. The Morgan fingerprint density at radius 1 is 1.27 bits per heavy atom. The molecular formula is C18H27N7O. The summed E-state index contributed by atoms with van der Waals surface area (Å²) in [5.41, 5.74) is 1.74. The van der Waals surface area contributed by atoms with Gasteiger partial charge < -0.3 is 16.0 Å². The third-order valence-electron chi connectivity index (χ3n) is 3.31. The van der Waals surface area contributed by atoms with Crippen LogP contribution in [0.3, 0.4) is 0 Å². The van der Waals surface area contributed by atoms with E-state index in [4.69, 9.17) is 0 Å². The number of rotatable bonds is 6. The molecule has 0 aliphatic heterocycles.